The summed E-state index contributed by atoms with van der Waals surface area (Å²) in [7, 11) is 0. The predicted octanol–water partition coefficient (Wildman–Crippen LogP) is 4.06. The number of carbonyl (C=O) groups excluding carboxylic acids is 1. The summed E-state index contributed by atoms with van der Waals surface area (Å²) < 4.78 is 5.83. The van der Waals surface area contributed by atoms with Gasteiger partial charge in [-0.15, -0.1) is 0 Å². The highest BCUT2D eigenvalue weighted by Gasteiger charge is 2.20. The van der Waals surface area contributed by atoms with Crippen LogP contribution in [0.25, 0.3) is 0 Å². The fraction of sp³-hybridized carbons (Fsp3) is 0.211. The maximum Gasteiger partial charge on any atom is 0.243 e. The maximum atomic E-state index is 11.5. The Morgan fingerprint density at radius 3 is 2.96 bits per heavy atom. The molecule has 126 valence electrons. The summed E-state index contributed by atoms with van der Waals surface area (Å²) >= 11 is 6.23. The van der Waals surface area contributed by atoms with Gasteiger partial charge in [0.2, 0.25) is 5.91 Å². The normalized spacial score (nSPS) is 16.6. The van der Waals surface area contributed by atoms with Gasteiger partial charge in [0.05, 0.1) is 16.7 Å². The molecule has 6 heteroatoms. The standard InChI is InChI=1S/C19H16ClN3O2/c1-12-7-15(22-23-19(12)24)8-13-5-6-17(20)18(10-13)25-16-4-2-3-14(9-16)11-21/h2-6,9-10,12H,7-8H2,1H3,(H,23,24)/t12-/m0/s1. The van der Waals surface area contributed by atoms with Gasteiger partial charge in [-0.3, -0.25) is 4.79 Å². The zero-order chi connectivity index (χ0) is 17.8. The van der Waals surface area contributed by atoms with Gasteiger partial charge in [-0.05, 0) is 42.3 Å². The first kappa shape index (κ1) is 17.0. The number of hydrazone groups is 1. The quantitative estimate of drug-likeness (QED) is 0.900. The predicted molar refractivity (Wildman–Crippen MR) is 95.7 cm³/mol. The Kier molecular flexibility index (Phi) is 5.01. The number of nitrogens with one attached hydrogen (secondary N) is 1. The largest absolute Gasteiger partial charge is 0.456 e. The molecular formula is C19H16ClN3O2. The average Bonchev–Trinajstić information content (AvgIpc) is 2.61. The molecule has 0 fully saturated rings. The van der Waals surface area contributed by atoms with Crippen LogP contribution in [0.4, 0.5) is 0 Å². The van der Waals surface area contributed by atoms with E-state index in [-0.39, 0.29) is 11.8 Å². The lowest BCUT2D eigenvalue weighted by Gasteiger charge is -2.18. The van der Waals surface area contributed by atoms with Crippen molar-refractivity contribution in [3.63, 3.8) is 0 Å². The number of carbonyl (C=O) groups is 1. The molecule has 1 amide bonds. The second kappa shape index (κ2) is 7.37. The lowest BCUT2D eigenvalue weighted by Crippen LogP contribution is -2.33. The smallest absolute Gasteiger partial charge is 0.243 e. The highest BCUT2D eigenvalue weighted by Crippen LogP contribution is 2.31. The van der Waals surface area contributed by atoms with Gasteiger partial charge in [-0.2, -0.15) is 10.4 Å². The van der Waals surface area contributed by atoms with Crippen LogP contribution < -0.4 is 10.2 Å². The average molecular weight is 354 g/mol. The number of amides is 1. The summed E-state index contributed by atoms with van der Waals surface area (Å²) in [5.41, 5.74) is 4.95. The van der Waals surface area contributed by atoms with Crippen molar-refractivity contribution in [2.75, 3.05) is 0 Å². The van der Waals surface area contributed by atoms with Crippen molar-refractivity contribution >= 4 is 23.2 Å². The molecule has 0 aromatic heterocycles. The van der Waals surface area contributed by atoms with Gasteiger partial charge in [0, 0.05) is 18.1 Å². The lowest BCUT2D eigenvalue weighted by molar-refractivity contribution is -0.124. The third-order valence-electron chi connectivity index (χ3n) is 3.91. The summed E-state index contributed by atoms with van der Waals surface area (Å²) in [5, 5.41) is 13.6. The van der Waals surface area contributed by atoms with E-state index in [4.69, 9.17) is 21.6 Å². The summed E-state index contributed by atoms with van der Waals surface area (Å²) in [5.74, 6) is 0.933. The third kappa shape index (κ3) is 4.17. The van der Waals surface area contributed by atoms with Gasteiger partial charge in [0.25, 0.3) is 0 Å². The molecule has 3 rings (SSSR count). The molecule has 0 saturated heterocycles. The molecule has 0 radical (unpaired) electrons. The number of hydrogen-bond donors (Lipinski definition) is 1. The van der Waals surface area contributed by atoms with Crippen molar-refractivity contribution in [3.05, 3.63) is 58.6 Å². The van der Waals surface area contributed by atoms with E-state index >= 15 is 0 Å². The summed E-state index contributed by atoms with van der Waals surface area (Å²) in [6.07, 6.45) is 1.24. The van der Waals surface area contributed by atoms with Crippen LogP contribution >= 0.6 is 11.6 Å². The second-order valence-corrected chi connectivity index (χ2v) is 6.35. The fourth-order valence-corrected chi connectivity index (χ4v) is 2.73. The molecule has 0 unspecified atom stereocenters. The Bertz CT molecular complexity index is 886. The number of nitrogens with zero attached hydrogens (tertiary/aromatic N) is 2. The van der Waals surface area contributed by atoms with E-state index in [1.807, 2.05) is 19.1 Å². The Balaban J connectivity index is 1.79. The van der Waals surface area contributed by atoms with Crippen LogP contribution in [-0.2, 0) is 11.2 Å². The van der Waals surface area contributed by atoms with Gasteiger partial charge < -0.3 is 4.74 Å². The minimum Gasteiger partial charge on any atom is -0.456 e. The van der Waals surface area contributed by atoms with E-state index in [1.165, 1.54) is 0 Å². The van der Waals surface area contributed by atoms with Crippen molar-refractivity contribution in [1.29, 1.82) is 5.26 Å². The first-order chi connectivity index (χ1) is 12.0. The molecule has 1 N–H and O–H groups in total. The van der Waals surface area contributed by atoms with Crippen LogP contribution in [0.5, 0.6) is 11.5 Å². The molecule has 0 saturated carbocycles. The van der Waals surface area contributed by atoms with Crippen molar-refractivity contribution in [3.8, 4) is 17.6 Å². The highest BCUT2D eigenvalue weighted by molar-refractivity contribution is 6.32. The molecule has 25 heavy (non-hydrogen) atoms. The van der Waals surface area contributed by atoms with Crippen LogP contribution in [0, 0.1) is 17.2 Å². The number of hydrogen-bond acceptors (Lipinski definition) is 4. The lowest BCUT2D eigenvalue weighted by atomic mass is 9.97. The van der Waals surface area contributed by atoms with Crippen LogP contribution in [0.15, 0.2) is 47.6 Å². The Morgan fingerprint density at radius 1 is 1.36 bits per heavy atom. The van der Waals surface area contributed by atoms with Crippen LogP contribution in [0.1, 0.15) is 24.5 Å². The molecule has 1 heterocycles. The highest BCUT2D eigenvalue weighted by atomic mass is 35.5. The number of benzene rings is 2. The van der Waals surface area contributed by atoms with E-state index in [1.54, 1.807) is 30.3 Å². The van der Waals surface area contributed by atoms with Crippen LogP contribution in [-0.4, -0.2) is 11.6 Å². The molecule has 0 spiro atoms. The third-order valence-corrected chi connectivity index (χ3v) is 4.22. The molecule has 0 bridgehead atoms. The van der Waals surface area contributed by atoms with Crippen molar-refractivity contribution < 1.29 is 9.53 Å². The van der Waals surface area contributed by atoms with Crippen molar-refractivity contribution in [1.82, 2.24) is 5.43 Å². The first-order valence-corrected chi connectivity index (χ1v) is 8.24. The van der Waals surface area contributed by atoms with Crippen LogP contribution in [0.2, 0.25) is 5.02 Å². The van der Waals surface area contributed by atoms with Crippen molar-refractivity contribution in [2.24, 2.45) is 11.0 Å². The van der Waals surface area contributed by atoms with Gasteiger partial charge in [0.1, 0.15) is 11.5 Å². The maximum absolute atomic E-state index is 11.5. The monoisotopic (exact) mass is 353 g/mol. The number of nitriles is 1. The minimum atomic E-state index is -0.0794. The van der Waals surface area contributed by atoms with Crippen LogP contribution in [0.3, 0.4) is 0 Å². The number of ether oxygens (including phenoxy) is 1. The second-order valence-electron chi connectivity index (χ2n) is 5.94. The molecule has 1 aliphatic heterocycles. The van der Waals surface area contributed by atoms with Crippen molar-refractivity contribution in [2.45, 2.75) is 19.8 Å². The molecular weight excluding hydrogens is 338 g/mol. The number of rotatable bonds is 4. The Labute approximate surface area is 150 Å². The first-order valence-electron chi connectivity index (χ1n) is 7.87. The fourth-order valence-electron chi connectivity index (χ4n) is 2.58. The van der Waals surface area contributed by atoms with Gasteiger partial charge in [-0.1, -0.05) is 30.7 Å². The Morgan fingerprint density at radius 2 is 2.20 bits per heavy atom. The van der Waals surface area contributed by atoms with Gasteiger partial charge in [-0.25, -0.2) is 5.43 Å². The van der Waals surface area contributed by atoms with E-state index < -0.39 is 0 Å². The minimum absolute atomic E-state index is 0.0544. The molecule has 5 nitrogen and oxygen atoms in total. The van der Waals surface area contributed by atoms with Gasteiger partial charge in [0.15, 0.2) is 0 Å². The van der Waals surface area contributed by atoms with E-state index in [0.29, 0.717) is 34.9 Å². The number of halogens is 1. The SMILES string of the molecule is C[C@H]1CC(Cc2ccc(Cl)c(Oc3cccc(C#N)c3)c2)=NNC1=O. The van der Waals surface area contributed by atoms with E-state index in [0.717, 1.165) is 11.3 Å². The summed E-state index contributed by atoms with van der Waals surface area (Å²) in [6, 6.07) is 14.5. The molecule has 0 aliphatic carbocycles. The van der Waals surface area contributed by atoms with Gasteiger partial charge >= 0.3 is 0 Å². The zero-order valence-electron chi connectivity index (χ0n) is 13.6. The molecule has 1 atom stereocenters. The molecule has 1 aliphatic rings. The molecule has 2 aromatic rings. The van der Waals surface area contributed by atoms with E-state index in [9.17, 15) is 4.79 Å². The van der Waals surface area contributed by atoms with E-state index in [2.05, 4.69) is 16.6 Å². The summed E-state index contributed by atoms with van der Waals surface area (Å²) in [6.45, 7) is 1.88. The summed E-state index contributed by atoms with van der Waals surface area (Å²) in [4.78, 5) is 11.5. The Hall–Kier alpha value is -2.84. The topological polar surface area (TPSA) is 74.5 Å². The molecule has 2 aromatic carbocycles. The zero-order valence-corrected chi connectivity index (χ0v) is 14.4.